The van der Waals surface area contributed by atoms with Crippen LogP contribution in [0.25, 0.3) is 0 Å². The van der Waals surface area contributed by atoms with E-state index in [0.717, 1.165) is 11.8 Å². The third-order valence-corrected chi connectivity index (χ3v) is 5.76. The van der Waals surface area contributed by atoms with E-state index in [2.05, 4.69) is 5.32 Å². The summed E-state index contributed by atoms with van der Waals surface area (Å²) in [6.07, 6.45) is 1.15. The number of benzene rings is 3. The molecule has 0 atom stereocenters. The highest BCUT2D eigenvalue weighted by Gasteiger charge is 2.18. The van der Waals surface area contributed by atoms with Crippen molar-refractivity contribution < 1.29 is 22.7 Å². The van der Waals surface area contributed by atoms with Gasteiger partial charge < -0.3 is 10.1 Å². The summed E-state index contributed by atoms with van der Waals surface area (Å²) in [4.78, 5) is 24.5. The number of carbonyl (C=O) groups excluding carboxylic acids is 2. The molecule has 0 bridgehead atoms. The lowest BCUT2D eigenvalue weighted by molar-refractivity contribution is 0.0526. The number of carbonyl (C=O) groups is 2. The molecule has 0 heterocycles. The van der Waals surface area contributed by atoms with Crippen LogP contribution in [0.4, 0.5) is 11.4 Å². The van der Waals surface area contributed by atoms with Crippen molar-refractivity contribution in [1.29, 1.82) is 0 Å². The summed E-state index contributed by atoms with van der Waals surface area (Å²) in [6, 6.07) is 22.0. The molecule has 0 aromatic heterocycles. The largest absolute Gasteiger partial charge is 0.462 e. The molecule has 0 fully saturated rings. The van der Waals surface area contributed by atoms with Crippen molar-refractivity contribution in [3.05, 3.63) is 95.6 Å². The molecule has 0 spiro atoms. The number of rotatable bonds is 8. The van der Waals surface area contributed by atoms with Crippen LogP contribution in [-0.4, -0.2) is 33.2 Å². The minimum absolute atomic E-state index is 0.186. The highest BCUT2D eigenvalue weighted by atomic mass is 32.2. The van der Waals surface area contributed by atoms with Crippen molar-refractivity contribution in [2.45, 2.75) is 13.5 Å². The summed E-state index contributed by atoms with van der Waals surface area (Å²) in [5, 5.41) is 2.74. The molecule has 8 heteroatoms. The van der Waals surface area contributed by atoms with Gasteiger partial charge in [-0.05, 0) is 55.0 Å². The van der Waals surface area contributed by atoms with E-state index in [0.29, 0.717) is 22.5 Å². The highest BCUT2D eigenvalue weighted by Crippen LogP contribution is 2.22. The fraction of sp³-hybridized carbons (Fsp3) is 0.167. The van der Waals surface area contributed by atoms with Crippen LogP contribution in [-0.2, 0) is 21.3 Å². The lowest BCUT2D eigenvalue weighted by Crippen LogP contribution is -2.29. The lowest BCUT2D eigenvalue weighted by Gasteiger charge is -2.22. The van der Waals surface area contributed by atoms with Crippen molar-refractivity contribution in [2.24, 2.45) is 0 Å². The normalized spacial score (nSPS) is 10.9. The Balaban J connectivity index is 1.76. The van der Waals surface area contributed by atoms with Crippen LogP contribution in [0.2, 0.25) is 0 Å². The number of ether oxygens (including phenoxy) is 1. The van der Waals surface area contributed by atoms with Crippen LogP contribution < -0.4 is 9.62 Å². The molecule has 32 heavy (non-hydrogen) atoms. The Hall–Kier alpha value is -3.65. The number of hydrogen-bond acceptors (Lipinski definition) is 5. The summed E-state index contributed by atoms with van der Waals surface area (Å²) >= 11 is 0. The van der Waals surface area contributed by atoms with Crippen LogP contribution >= 0.6 is 0 Å². The molecule has 1 amide bonds. The van der Waals surface area contributed by atoms with Gasteiger partial charge in [0, 0.05) is 11.3 Å². The standard InChI is InChI=1S/C24H24N2O5S/c1-3-31-24(28)20-10-7-11-21(16-20)25-23(27)19-12-14-22(15-13-19)26(32(2,29)30)17-18-8-5-4-6-9-18/h4-16H,3,17H2,1-2H3,(H,25,27). The number of amides is 1. The Morgan fingerprint density at radius 1 is 0.906 bits per heavy atom. The number of sulfonamides is 1. The molecule has 3 rings (SSSR count). The van der Waals surface area contributed by atoms with Gasteiger partial charge in [0.25, 0.3) is 5.91 Å². The van der Waals surface area contributed by atoms with E-state index in [1.165, 1.54) is 10.4 Å². The van der Waals surface area contributed by atoms with Gasteiger partial charge in [0.1, 0.15) is 0 Å². The highest BCUT2D eigenvalue weighted by molar-refractivity contribution is 7.92. The minimum Gasteiger partial charge on any atom is -0.462 e. The summed E-state index contributed by atoms with van der Waals surface area (Å²) in [7, 11) is -3.53. The molecule has 7 nitrogen and oxygen atoms in total. The molecule has 0 saturated heterocycles. The van der Waals surface area contributed by atoms with Crippen molar-refractivity contribution in [2.75, 3.05) is 22.5 Å². The Morgan fingerprint density at radius 3 is 2.22 bits per heavy atom. The molecule has 3 aromatic rings. The van der Waals surface area contributed by atoms with E-state index in [1.807, 2.05) is 30.3 Å². The molecule has 0 unspecified atom stereocenters. The average molecular weight is 453 g/mol. The molecule has 0 radical (unpaired) electrons. The maximum Gasteiger partial charge on any atom is 0.338 e. The summed E-state index contributed by atoms with van der Waals surface area (Å²) in [5.41, 5.74) is 2.44. The second-order valence-electron chi connectivity index (χ2n) is 7.06. The van der Waals surface area contributed by atoms with E-state index < -0.39 is 16.0 Å². The van der Waals surface area contributed by atoms with Gasteiger partial charge in [-0.3, -0.25) is 9.10 Å². The van der Waals surface area contributed by atoms with Gasteiger partial charge in [0.05, 0.1) is 30.7 Å². The van der Waals surface area contributed by atoms with Crippen LogP contribution in [0, 0.1) is 0 Å². The molecule has 0 saturated carbocycles. The van der Waals surface area contributed by atoms with Crippen molar-refractivity contribution in [1.82, 2.24) is 0 Å². The van der Waals surface area contributed by atoms with Crippen molar-refractivity contribution >= 4 is 33.3 Å². The first-order chi connectivity index (χ1) is 15.3. The molecule has 0 aliphatic heterocycles. The fourth-order valence-electron chi connectivity index (χ4n) is 3.07. The first-order valence-corrected chi connectivity index (χ1v) is 11.8. The average Bonchev–Trinajstić information content (AvgIpc) is 2.78. The second-order valence-corrected chi connectivity index (χ2v) is 8.96. The molecular formula is C24H24N2O5S. The Morgan fingerprint density at radius 2 is 1.59 bits per heavy atom. The van der Waals surface area contributed by atoms with Gasteiger partial charge in [0.2, 0.25) is 10.0 Å². The van der Waals surface area contributed by atoms with Gasteiger partial charge in [-0.15, -0.1) is 0 Å². The summed E-state index contributed by atoms with van der Waals surface area (Å²) in [6.45, 7) is 2.17. The monoisotopic (exact) mass is 452 g/mol. The molecule has 1 N–H and O–H groups in total. The van der Waals surface area contributed by atoms with Gasteiger partial charge >= 0.3 is 5.97 Å². The third-order valence-electron chi connectivity index (χ3n) is 4.62. The zero-order valence-corrected chi connectivity index (χ0v) is 18.6. The first kappa shape index (κ1) is 23.0. The predicted molar refractivity (Wildman–Crippen MR) is 124 cm³/mol. The van der Waals surface area contributed by atoms with Gasteiger partial charge in [-0.1, -0.05) is 36.4 Å². The molecule has 3 aromatic carbocycles. The maximum absolute atomic E-state index is 12.6. The van der Waals surface area contributed by atoms with Crippen LogP contribution in [0.5, 0.6) is 0 Å². The molecular weight excluding hydrogens is 428 g/mol. The number of hydrogen-bond donors (Lipinski definition) is 1. The van der Waals surface area contributed by atoms with E-state index in [9.17, 15) is 18.0 Å². The van der Waals surface area contributed by atoms with Gasteiger partial charge in [0.15, 0.2) is 0 Å². The zero-order chi connectivity index (χ0) is 23.1. The topological polar surface area (TPSA) is 92.8 Å². The quantitative estimate of drug-likeness (QED) is 0.520. The fourth-order valence-corrected chi connectivity index (χ4v) is 3.96. The Kier molecular flexibility index (Phi) is 7.27. The SMILES string of the molecule is CCOC(=O)c1cccc(NC(=O)c2ccc(N(Cc3ccccc3)S(C)(=O)=O)cc2)c1. The number of esters is 1. The van der Waals surface area contributed by atoms with Crippen molar-refractivity contribution in [3.63, 3.8) is 0 Å². The molecule has 0 aliphatic rings. The number of nitrogens with one attached hydrogen (secondary N) is 1. The van der Waals surface area contributed by atoms with E-state index >= 15 is 0 Å². The van der Waals surface area contributed by atoms with Gasteiger partial charge in [-0.2, -0.15) is 0 Å². The Bertz CT molecular complexity index is 1190. The lowest BCUT2D eigenvalue weighted by atomic mass is 10.1. The maximum atomic E-state index is 12.6. The second kappa shape index (κ2) is 10.1. The zero-order valence-electron chi connectivity index (χ0n) is 17.8. The molecule has 0 aliphatic carbocycles. The summed E-state index contributed by atoms with van der Waals surface area (Å²) < 4.78 is 30.9. The molecule has 166 valence electrons. The predicted octanol–water partition coefficient (Wildman–Crippen LogP) is 4.08. The third kappa shape index (κ3) is 5.95. The van der Waals surface area contributed by atoms with Crippen LogP contribution in [0.1, 0.15) is 33.2 Å². The number of anilines is 2. The van der Waals surface area contributed by atoms with E-state index in [1.54, 1.807) is 49.4 Å². The number of nitrogens with zero attached hydrogens (tertiary/aromatic N) is 1. The van der Waals surface area contributed by atoms with Crippen LogP contribution in [0.15, 0.2) is 78.9 Å². The summed E-state index contributed by atoms with van der Waals surface area (Å²) in [5.74, 6) is -0.848. The Labute approximate surface area is 187 Å². The smallest absolute Gasteiger partial charge is 0.338 e. The first-order valence-electron chi connectivity index (χ1n) is 9.98. The minimum atomic E-state index is -3.53. The van der Waals surface area contributed by atoms with Gasteiger partial charge in [-0.25, -0.2) is 13.2 Å². The van der Waals surface area contributed by atoms with E-state index in [-0.39, 0.29) is 19.1 Å². The van der Waals surface area contributed by atoms with E-state index in [4.69, 9.17) is 4.74 Å². The van der Waals surface area contributed by atoms with Crippen LogP contribution in [0.3, 0.4) is 0 Å². The van der Waals surface area contributed by atoms with Crippen molar-refractivity contribution in [3.8, 4) is 0 Å².